The summed E-state index contributed by atoms with van der Waals surface area (Å²) in [7, 11) is 1.69. The first-order valence-electron chi connectivity index (χ1n) is 9.83. The molecule has 144 valence electrons. The first kappa shape index (κ1) is 18.3. The molecule has 1 saturated heterocycles. The van der Waals surface area contributed by atoms with Crippen LogP contribution in [0.1, 0.15) is 41.5 Å². The van der Waals surface area contributed by atoms with Crippen molar-refractivity contribution in [1.29, 1.82) is 0 Å². The molecule has 2 aliphatic rings. The van der Waals surface area contributed by atoms with Gasteiger partial charge in [0.15, 0.2) is 0 Å². The minimum atomic E-state index is 0.342. The summed E-state index contributed by atoms with van der Waals surface area (Å²) >= 11 is 0. The topological polar surface area (TPSA) is 59.5 Å². The summed E-state index contributed by atoms with van der Waals surface area (Å²) < 4.78 is 10.8. The van der Waals surface area contributed by atoms with Gasteiger partial charge in [-0.2, -0.15) is 0 Å². The van der Waals surface area contributed by atoms with E-state index in [0.29, 0.717) is 19.3 Å². The molecule has 0 radical (unpaired) electrons. The van der Waals surface area contributed by atoms with E-state index in [1.54, 1.807) is 7.11 Å². The van der Waals surface area contributed by atoms with Crippen LogP contribution >= 0.6 is 0 Å². The first-order chi connectivity index (χ1) is 13.3. The average Bonchev–Trinajstić information content (AvgIpc) is 3.23. The Bertz CT molecular complexity index is 762. The Morgan fingerprint density at radius 3 is 3.11 bits per heavy atom. The Hall–Kier alpha value is -2.02. The van der Waals surface area contributed by atoms with Crippen LogP contribution in [0.2, 0.25) is 0 Å². The Morgan fingerprint density at radius 1 is 1.30 bits per heavy atom. The van der Waals surface area contributed by atoms with Gasteiger partial charge in [0.2, 0.25) is 0 Å². The summed E-state index contributed by atoms with van der Waals surface area (Å²) in [6.45, 7) is 5.09. The zero-order valence-electron chi connectivity index (χ0n) is 16.0. The number of nitrogens with zero attached hydrogens (tertiary/aromatic N) is 3. The summed E-state index contributed by atoms with van der Waals surface area (Å²) in [5, 5.41) is 3.49. The van der Waals surface area contributed by atoms with Crippen molar-refractivity contribution >= 4 is 0 Å². The molecular weight excluding hydrogens is 340 g/mol. The number of benzene rings is 1. The van der Waals surface area contributed by atoms with Crippen molar-refractivity contribution in [2.75, 3.05) is 33.4 Å². The third-order valence-corrected chi connectivity index (χ3v) is 5.26. The van der Waals surface area contributed by atoms with E-state index >= 15 is 0 Å². The predicted molar refractivity (Wildman–Crippen MR) is 104 cm³/mol. The van der Waals surface area contributed by atoms with Crippen molar-refractivity contribution in [3.63, 3.8) is 0 Å². The zero-order valence-corrected chi connectivity index (χ0v) is 16.0. The second-order valence-corrected chi connectivity index (χ2v) is 7.30. The largest absolute Gasteiger partial charge is 0.491 e. The van der Waals surface area contributed by atoms with Gasteiger partial charge in [0.1, 0.15) is 18.2 Å². The predicted octanol–water partition coefficient (Wildman–Crippen LogP) is 2.48. The van der Waals surface area contributed by atoms with Gasteiger partial charge in [-0.15, -0.1) is 0 Å². The molecule has 6 heteroatoms. The highest BCUT2D eigenvalue weighted by Crippen LogP contribution is 2.24. The molecule has 0 amide bonds. The van der Waals surface area contributed by atoms with Gasteiger partial charge in [0.05, 0.1) is 12.6 Å². The van der Waals surface area contributed by atoms with Crippen LogP contribution in [-0.4, -0.2) is 48.3 Å². The molecule has 27 heavy (non-hydrogen) atoms. The van der Waals surface area contributed by atoms with Crippen LogP contribution in [0.25, 0.3) is 0 Å². The molecule has 4 rings (SSSR count). The highest BCUT2D eigenvalue weighted by Gasteiger charge is 2.23. The van der Waals surface area contributed by atoms with E-state index in [4.69, 9.17) is 14.5 Å². The first-order valence-corrected chi connectivity index (χ1v) is 9.83. The molecule has 1 aromatic heterocycles. The highest BCUT2D eigenvalue weighted by molar-refractivity contribution is 5.29. The number of rotatable bonds is 7. The number of ether oxygens (including phenoxy) is 2. The van der Waals surface area contributed by atoms with Crippen LogP contribution < -0.4 is 10.1 Å². The van der Waals surface area contributed by atoms with E-state index in [0.717, 1.165) is 50.6 Å². The molecule has 6 nitrogen and oxygen atoms in total. The second kappa shape index (κ2) is 8.78. The maximum absolute atomic E-state index is 5.72. The van der Waals surface area contributed by atoms with E-state index in [2.05, 4.69) is 33.4 Å². The highest BCUT2D eigenvalue weighted by atomic mass is 16.5. The van der Waals surface area contributed by atoms with Gasteiger partial charge in [-0.1, -0.05) is 12.1 Å². The number of methoxy groups -OCH3 is 1. The van der Waals surface area contributed by atoms with Crippen molar-refractivity contribution in [2.24, 2.45) is 0 Å². The summed E-state index contributed by atoms with van der Waals surface area (Å²) in [6.07, 6.45) is 5.39. The van der Waals surface area contributed by atoms with Crippen LogP contribution in [0.4, 0.5) is 0 Å². The lowest BCUT2D eigenvalue weighted by Crippen LogP contribution is -2.31. The molecule has 1 aromatic carbocycles. The van der Waals surface area contributed by atoms with Crippen molar-refractivity contribution in [3.8, 4) is 5.75 Å². The third kappa shape index (κ3) is 4.64. The van der Waals surface area contributed by atoms with Crippen LogP contribution in [0.15, 0.2) is 30.5 Å². The molecule has 2 aliphatic heterocycles. The standard InChI is InChI=1S/C21H28N4O2/c1-26-10-11-27-18-5-2-4-16(12-18)14-25-9-7-19-17(15-25)13-23-21(24-19)20-6-3-8-22-20/h2,4-5,12-13,20,22H,3,6-11,14-15H2,1H3/t20-/m0/s1. The average molecular weight is 368 g/mol. The van der Waals surface area contributed by atoms with Crippen LogP contribution in [0.5, 0.6) is 5.75 Å². The van der Waals surface area contributed by atoms with Gasteiger partial charge in [0, 0.05) is 50.6 Å². The smallest absolute Gasteiger partial charge is 0.145 e. The normalized spacial score (nSPS) is 19.8. The van der Waals surface area contributed by atoms with E-state index in [-0.39, 0.29) is 0 Å². The fraction of sp³-hybridized carbons (Fsp3) is 0.524. The van der Waals surface area contributed by atoms with E-state index in [1.165, 1.54) is 23.2 Å². The van der Waals surface area contributed by atoms with Crippen molar-refractivity contribution in [1.82, 2.24) is 20.2 Å². The number of hydrogen-bond donors (Lipinski definition) is 1. The fourth-order valence-electron chi connectivity index (χ4n) is 3.83. The summed E-state index contributed by atoms with van der Waals surface area (Å²) in [5.74, 6) is 1.87. The number of nitrogens with one attached hydrogen (secondary N) is 1. The SMILES string of the molecule is COCCOc1cccc(CN2CCc3nc([C@@H]4CCCN4)ncc3C2)c1. The number of fused-ring (bicyclic) bond motifs is 1. The van der Waals surface area contributed by atoms with E-state index in [1.807, 2.05) is 12.3 Å². The quantitative estimate of drug-likeness (QED) is 0.758. The Morgan fingerprint density at radius 2 is 2.26 bits per heavy atom. The molecule has 2 aromatic rings. The lowest BCUT2D eigenvalue weighted by molar-refractivity contribution is 0.146. The van der Waals surface area contributed by atoms with Gasteiger partial charge in [-0.25, -0.2) is 9.97 Å². The van der Waals surface area contributed by atoms with E-state index in [9.17, 15) is 0 Å². The van der Waals surface area contributed by atoms with Crippen LogP contribution in [0.3, 0.4) is 0 Å². The maximum atomic E-state index is 5.72. The van der Waals surface area contributed by atoms with Crippen LogP contribution in [0, 0.1) is 0 Å². The lowest BCUT2D eigenvalue weighted by Gasteiger charge is -2.28. The van der Waals surface area contributed by atoms with Crippen molar-refractivity contribution in [3.05, 3.63) is 53.1 Å². The summed E-state index contributed by atoms with van der Waals surface area (Å²) in [6, 6.07) is 8.67. The lowest BCUT2D eigenvalue weighted by atomic mass is 10.1. The van der Waals surface area contributed by atoms with Crippen LogP contribution in [-0.2, 0) is 24.2 Å². The zero-order chi connectivity index (χ0) is 18.5. The molecule has 1 N–H and O–H groups in total. The minimum absolute atomic E-state index is 0.342. The van der Waals surface area contributed by atoms with Gasteiger partial charge in [0.25, 0.3) is 0 Å². The molecule has 3 heterocycles. The van der Waals surface area contributed by atoms with Gasteiger partial charge in [-0.05, 0) is 37.1 Å². The summed E-state index contributed by atoms with van der Waals surface area (Å²) in [4.78, 5) is 12.0. The molecule has 0 bridgehead atoms. The third-order valence-electron chi connectivity index (χ3n) is 5.26. The monoisotopic (exact) mass is 368 g/mol. The molecule has 1 fully saturated rings. The number of hydrogen-bond acceptors (Lipinski definition) is 6. The Kier molecular flexibility index (Phi) is 5.97. The molecule has 0 saturated carbocycles. The number of aromatic nitrogens is 2. The van der Waals surface area contributed by atoms with Crippen molar-refractivity contribution < 1.29 is 9.47 Å². The second-order valence-electron chi connectivity index (χ2n) is 7.30. The molecule has 0 spiro atoms. The molecule has 0 unspecified atom stereocenters. The van der Waals surface area contributed by atoms with Gasteiger partial charge >= 0.3 is 0 Å². The van der Waals surface area contributed by atoms with Crippen molar-refractivity contribution in [2.45, 2.75) is 38.4 Å². The minimum Gasteiger partial charge on any atom is -0.491 e. The summed E-state index contributed by atoms with van der Waals surface area (Å²) in [5.41, 5.74) is 3.75. The van der Waals surface area contributed by atoms with Gasteiger partial charge in [-0.3, -0.25) is 4.90 Å². The molecule has 1 atom stereocenters. The molecule has 0 aliphatic carbocycles. The Balaban J connectivity index is 1.37. The maximum Gasteiger partial charge on any atom is 0.145 e. The Labute approximate surface area is 160 Å². The fourth-order valence-corrected chi connectivity index (χ4v) is 3.83. The van der Waals surface area contributed by atoms with Gasteiger partial charge < -0.3 is 14.8 Å². The van der Waals surface area contributed by atoms with E-state index < -0.39 is 0 Å². The molecular formula is C21H28N4O2.